The van der Waals surface area contributed by atoms with Crippen molar-refractivity contribution in [3.05, 3.63) is 23.8 Å². The highest BCUT2D eigenvalue weighted by atomic mass is 32.2. The highest BCUT2D eigenvalue weighted by Gasteiger charge is 2.28. The molecule has 0 saturated heterocycles. The van der Waals surface area contributed by atoms with Gasteiger partial charge in [-0.15, -0.1) is 0 Å². The van der Waals surface area contributed by atoms with Gasteiger partial charge in [-0.05, 0) is 12.1 Å². The predicted octanol–water partition coefficient (Wildman–Crippen LogP) is 0.287. The minimum Gasteiger partial charge on any atom is -0.478 e. The summed E-state index contributed by atoms with van der Waals surface area (Å²) >= 11 is 0. The molecule has 3 N–H and O–H groups in total. The van der Waals surface area contributed by atoms with Gasteiger partial charge >= 0.3 is 5.97 Å². The zero-order chi connectivity index (χ0) is 12.5. The average molecular weight is 243 g/mol. The molecule has 16 heavy (non-hydrogen) atoms. The summed E-state index contributed by atoms with van der Waals surface area (Å²) < 4.78 is 23.2. The standard InChI is InChI=1S/C9H9NO5S/c1-5(11)16(14,15)8-6(9(12)13)3-2-4-7(8)10/h2-4H,10H2,1H3,(H,12,13). The van der Waals surface area contributed by atoms with Gasteiger partial charge < -0.3 is 10.8 Å². The molecule has 7 heteroatoms. The summed E-state index contributed by atoms with van der Waals surface area (Å²) in [6, 6.07) is 3.61. The number of hydrogen-bond donors (Lipinski definition) is 2. The van der Waals surface area contributed by atoms with E-state index in [2.05, 4.69) is 0 Å². The van der Waals surface area contributed by atoms with Crippen molar-refractivity contribution < 1.29 is 23.1 Å². The summed E-state index contributed by atoms with van der Waals surface area (Å²) in [5, 5.41) is 7.66. The van der Waals surface area contributed by atoms with Crippen molar-refractivity contribution in [3.63, 3.8) is 0 Å². The van der Waals surface area contributed by atoms with Crippen molar-refractivity contribution in [1.82, 2.24) is 0 Å². The number of carbonyl (C=O) groups excluding carboxylic acids is 1. The van der Waals surface area contributed by atoms with Crippen LogP contribution in [0.3, 0.4) is 0 Å². The fraction of sp³-hybridized carbons (Fsp3) is 0.111. The van der Waals surface area contributed by atoms with Crippen LogP contribution in [0.4, 0.5) is 5.69 Å². The van der Waals surface area contributed by atoms with Crippen molar-refractivity contribution in [2.45, 2.75) is 11.8 Å². The monoisotopic (exact) mass is 243 g/mol. The number of benzene rings is 1. The van der Waals surface area contributed by atoms with Gasteiger partial charge in [0.1, 0.15) is 4.90 Å². The van der Waals surface area contributed by atoms with Crippen LogP contribution in [-0.2, 0) is 14.6 Å². The van der Waals surface area contributed by atoms with Crippen molar-refractivity contribution in [3.8, 4) is 0 Å². The molecule has 1 aromatic carbocycles. The van der Waals surface area contributed by atoms with E-state index in [1.807, 2.05) is 0 Å². The van der Waals surface area contributed by atoms with Crippen LogP contribution in [0, 0.1) is 0 Å². The molecule has 0 heterocycles. The topological polar surface area (TPSA) is 115 Å². The molecule has 0 aliphatic heterocycles. The number of nitrogen functional groups attached to an aromatic ring is 1. The Morgan fingerprint density at radius 2 is 1.88 bits per heavy atom. The number of anilines is 1. The van der Waals surface area contributed by atoms with Crippen LogP contribution >= 0.6 is 0 Å². The number of hydrogen-bond acceptors (Lipinski definition) is 5. The maximum Gasteiger partial charge on any atom is 0.337 e. The van der Waals surface area contributed by atoms with Gasteiger partial charge in [0.25, 0.3) is 0 Å². The van der Waals surface area contributed by atoms with E-state index in [4.69, 9.17) is 10.8 Å². The zero-order valence-electron chi connectivity index (χ0n) is 8.30. The van der Waals surface area contributed by atoms with Crippen LogP contribution in [0.25, 0.3) is 0 Å². The van der Waals surface area contributed by atoms with Crippen LogP contribution in [0.5, 0.6) is 0 Å². The summed E-state index contributed by atoms with van der Waals surface area (Å²) in [6.07, 6.45) is 0. The molecule has 0 aromatic heterocycles. The lowest BCUT2D eigenvalue weighted by Gasteiger charge is -2.07. The summed E-state index contributed by atoms with van der Waals surface area (Å²) in [5.41, 5.74) is 4.63. The van der Waals surface area contributed by atoms with Crippen molar-refractivity contribution >= 4 is 26.6 Å². The van der Waals surface area contributed by atoms with E-state index in [1.54, 1.807) is 0 Å². The third-order valence-electron chi connectivity index (χ3n) is 1.92. The zero-order valence-corrected chi connectivity index (χ0v) is 9.11. The van der Waals surface area contributed by atoms with Gasteiger partial charge in [-0.1, -0.05) is 6.07 Å². The van der Waals surface area contributed by atoms with Gasteiger partial charge in [0.2, 0.25) is 15.0 Å². The molecule has 0 spiro atoms. The number of nitrogens with two attached hydrogens (primary N) is 1. The third-order valence-corrected chi connectivity index (χ3v) is 3.67. The Kier molecular flexibility index (Phi) is 2.99. The molecule has 86 valence electrons. The fourth-order valence-corrected chi connectivity index (χ4v) is 2.28. The second-order valence-electron chi connectivity index (χ2n) is 3.02. The van der Waals surface area contributed by atoms with E-state index >= 15 is 0 Å². The van der Waals surface area contributed by atoms with Crippen LogP contribution in [0.2, 0.25) is 0 Å². The minimum atomic E-state index is -4.33. The normalized spacial score (nSPS) is 11.1. The van der Waals surface area contributed by atoms with E-state index in [0.717, 1.165) is 13.0 Å². The van der Waals surface area contributed by atoms with E-state index < -0.39 is 31.4 Å². The number of rotatable bonds is 2. The summed E-state index contributed by atoms with van der Waals surface area (Å²) in [5.74, 6) is -1.45. The van der Waals surface area contributed by atoms with Gasteiger partial charge in [0.05, 0.1) is 11.3 Å². The Hall–Kier alpha value is -1.89. The van der Waals surface area contributed by atoms with E-state index in [9.17, 15) is 18.0 Å². The molecule has 1 rings (SSSR count). The largest absolute Gasteiger partial charge is 0.478 e. The van der Waals surface area contributed by atoms with Gasteiger partial charge in [0.15, 0.2) is 0 Å². The third kappa shape index (κ3) is 1.89. The molecule has 0 aliphatic carbocycles. The first-order valence-electron chi connectivity index (χ1n) is 4.16. The van der Waals surface area contributed by atoms with E-state index in [1.165, 1.54) is 12.1 Å². The quantitative estimate of drug-likeness (QED) is 0.721. The molecule has 6 nitrogen and oxygen atoms in total. The van der Waals surface area contributed by atoms with Crippen LogP contribution in [0.1, 0.15) is 17.3 Å². The number of aromatic carboxylic acids is 1. The molecule has 0 amide bonds. The van der Waals surface area contributed by atoms with Crippen molar-refractivity contribution in [2.75, 3.05) is 5.73 Å². The Morgan fingerprint density at radius 3 is 2.31 bits per heavy atom. The molecule has 1 aromatic rings. The lowest BCUT2D eigenvalue weighted by atomic mass is 10.2. The van der Waals surface area contributed by atoms with Crippen molar-refractivity contribution in [2.24, 2.45) is 0 Å². The Bertz CT molecular complexity index is 561. The first-order valence-corrected chi connectivity index (χ1v) is 5.64. The van der Waals surface area contributed by atoms with Gasteiger partial charge in [-0.25, -0.2) is 13.2 Å². The van der Waals surface area contributed by atoms with Gasteiger partial charge in [0, 0.05) is 6.92 Å². The first kappa shape index (κ1) is 12.2. The lowest BCUT2D eigenvalue weighted by Crippen LogP contribution is -2.17. The number of carboxylic acid groups (broad SMARTS) is 1. The number of carbonyl (C=O) groups is 2. The molecule has 0 unspecified atom stereocenters. The maximum atomic E-state index is 11.6. The lowest BCUT2D eigenvalue weighted by molar-refractivity contribution is -0.109. The van der Waals surface area contributed by atoms with Crippen molar-refractivity contribution in [1.29, 1.82) is 0 Å². The Morgan fingerprint density at radius 1 is 1.31 bits per heavy atom. The molecule has 0 atom stereocenters. The smallest absolute Gasteiger partial charge is 0.337 e. The number of sulfone groups is 1. The predicted molar refractivity (Wildman–Crippen MR) is 55.7 cm³/mol. The second-order valence-corrected chi connectivity index (χ2v) is 5.01. The molecule has 0 saturated carbocycles. The Balaban J connectivity index is 3.68. The first-order chi connectivity index (χ1) is 7.28. The average Bonchev–Trinajstić information content (AvgIpc) is 2.16. The summed E-state index contributed by atoms with van der Waals surface area (Å²) in [4.78, 5) is 21.1. The van der Waals surface area contributed by atoms with E-state index in [0.29, 0.717) is 0 Å². The Labute approximate surface area is 91.6 Å². The second kappa shape index (κ2) is 3.93. The molecule has 0 radical (unpaired) electrons. The molecule has 0 aliphatic rings. The highest BCUT2D eigenvalue weighted by Crippen LogP contribution is 2.24. The molecule has 0 fully saturated rings. The summed E-state index contributed by atoms with van der Waals surface area (Å²) in [7, 11) is -4.33. The molecule has 0 bridgehead atoms. The maximum absolute atomic E-state index is 11.6. The van der Waals surface area contributed by atoms with Gasteiger partial charge in [-0.2, -0.15) is 0 Å². The van der Waals surface area contributed by atoms with Gasteiger partial charge in [-0.3, -0.25) is 4.79 Å². The van der Waals surface area contributed by atoms with Crippen LogP contribution < -0.4 is 5.73 Å². The molecular weight excluding hydrogens is 234 g/mol. The summed E-state index contributed by atoms with van der Waals surface area (Å²) in [6.45, 7) is 0.841. The van der Waals surface area contributed by atoms with Crippen LogP contribution in [-0.4, -0.2) is 24.6 Å². The van der Waals surface area contributed by atoms with Crippen LogP contribution in [0.15, 0.2) is 23.1 Å². The SMILES string of the molecule is CC(=O)S(=O)(=O)c1c(N)cccc1C(=O)O. The molecular formula is C9H9NO5S. The fourth-order valence-electron chi connectivity index (χ4n) is 1.17. The van der Waals surface area contributed by atoms with E-state index in [-0.39, 0.29) is 5.69 Å². The number of carboxylic acids is 1. The highest BCUT2D eigenvalue weighted by molar-refractivity contribution is 8.06. The minimum absolute atomic E-state index is 0.255.